The smallest absolute Gasteiger partial charge is 0.271 e. The molecule has 3 aromatic rings. The Hall–Kier alpha value is -4.01. The van der Waals surface area contributed by atoms with Crippen LogP contribution in [0.5, 0.6) is 5.75 Å². The van der Waals surface area contributed by atoms with E-state index in [0.717, 1.165) is 12.1 Å². The molecule has 0 N–H and O–H groups in total. The maximum atomic E-state index is 15.1. The Morgan fingerprint density at radius 3 is 2.67 bits per heavy atom. The van der Waals surface area contributed by atoms with Gasteiger partial charge < -0.3 is 14.5 Å². The van der Waals surface area contributed by atoms with Gasteiger partial charge in [0.1, 0.15) is 36.0 Å². The Morgan fingerprint density at radius 2 is 2.02 bits per heavy atom. The number of likely N-dealkylation sites (tertiary alicyclic amines) is 1. The Kier molecular flexibility index (Phi) is 7.60. The number of nitriles is 1. The molecule has 8 nitrogen and oxygen atoms in total. The van der Waals surface area contributed by atoms with Gasteiger partial charge in [0.25, 0.3) is 5.56 Å². The number of halogens is 4. The van der Waals surface area contributed by atoms with Crippen molar-refractivity contribution in [1.29, 1.82) is 5.26 Å². The molecule has 0 saturated carbocycles. The summed E-state index contributed by atoms with van der Waals surface area (Å²) in [5, 5.41) is 10.9. The predicted octanol–water partition coefficient (Wildman–Crippen LogP) is 4.67. The highest BCUT2D eigenvalue weighted by Gasteiger charge is 2.37. The second kappa shape index (κ2) is 11.2. The first-order valence-corrected chi connectivity index (χ1v) is 14.5. The van der Waals surface area contributed by atoms with Crippen molar-refractivity contribution in [1.82, 2.24) is 14.4 Å². The number of amides is 1. The Morgan fingerprint density at radius 1 is 1.23 bits per heavy atom. The Balaban J connectivity index is 1.60. The zero-order valence-electron chi connectivity index (χ0n) is 23.5. The first kappa shape index (κ1) is 29.1. The SMILES string of the molecule is C=CC(=O)N1CCN(c2c(C#N)c(=O)n3c4c(c(-c5ccc(F)cc5F)c(Cl)cc24)OCC3CN2CCC(F)C2)[C@@H](C)C1. The number of alkyl halides is 1. The van der Waals surface area contributed by atoms with Gasteiger partial charge in [-0.25, -0.2) is 13.2 Å². The molecule has 0 aliphatic carbocycles. The standard InChI is InChI=1S/C31H29ClF3N5O3/c1-3-26(41)38-8-9-39(17(2)13-38)28-22-11-24(32)27(21-5-4-18(33)10-25(21)35)30-29(22)40(31(42)23(28)12-36)20(16-43-30)15-37-7-6-19(34)14-37/h3-5,10-11,17,19-20H,1,6-9,13-16H2,2H3/t17-,19?,20?/m0/s1. The van der Waals surface area contributed by atoms with Crippen molar-refractivity contribution in [3.63, 3.8) is 0 Å². The molecular weight excluding hydrogens is 583 g/mol. The summed E-state index contributed by atoms with van der Waals surface area (Å²) in [5.41, 5.74) is 0.180. The summed E-state index contributed by atoms with van der Waals surface area (Å²) in [5.74, 6) is -1.68. The highest BCUT2D eigenvalue weighted by molar-refractivity contribution is 6.35. The number of ether oxygens (including phenoxy) is 1. The van der Waals surface area contributed by atoms with Crippen LogP contribution in [0.15, 0.2) is 41.7 Å². The molecule has 0 spiro atoms. The van der Waals surface area contributed by atoms with Crippen LogP contribution in [0, 0.1) is 23.0 Å². The van der Waals surface area contributed by atoms with Gasteiger partial charge in [-0.3, -0.25) is 19.1 Å². The van der Waals surface area contributed by atoms with Gasteiger partial charge in [0.15, 0.2) is 5.75 Å². The molecule has 12 heteroatoms. The Labute approximate surface area is 251 Å². The third-order valence-corrected chi connectivity index (χ3v) is 8.85. The number of hydrogen-bond donors (Lipinski definition) is 0. The highest BCUT2D eigenvalue weighted by atomic mass is 35.5. The van der Waals surface area contributed by atoms with Crippen LogP contribution in [-0.4, -0.2) is 78.4 Å². The van der Waals surface area contributed by atoms with Crippen LogP contribution in [-0.2, 0) is 4.79 Å². The van der Waals surface area contributed by atoms with E-state index >= 15 is 4.39 Å². The van der Waals surface area contributed by atoms with E-state index in [0.29, 0.717) is 55.7 Å². The zero-order chi connectivity index (χ0) is 30.6. The first-order chi connectivity index (χ1) is 20.6. The van der Waals surface area contributed by atoms with Gasteiger partial charge in [0.2, 0.25) is 5.91 Å². The van der Waals surface area contributed by atoms with Crippen LogP contribution in [0.25, 0.3) is 22.0 Å². The molecule has 3 aliphatic rings. The number of nitrogens with zero attached hydrogens (tertiary/aromatic N) is 5. The van der Waals surface area contributed by atoms with Crippen molar-refractivity contribution in [2.75, 3.05) is 50.8 Å². The summed E-state index contributed by atoms with van der Waals surface area (Å²) < 4.78 is 50.8. The summed E-state index contributed by atoms with van der Waals surface area (Å²) in [4.78, 5) is 32.0. The molecule has 0 bridgehead atoms. The number of piperazine rings is 1. The van der Waals surface area contributed by atoms with Crippen LogP contribution in [0.4, 0.5) is 18.9 Å². The van der Waals surface area contributed by atoms with E-state index in [1.54, 1.807) is 11.0 Å². The van der Waals surface area contributed by atoms with Gasteiger partial charge in [-0.15, -0.1) is 0 Å². The van der Waals surface area contributed by atoms with Crippen LogP contribution < -0.4 is 15.2 Å². The van der Waals surface area contributed by atoms with E-state index in [1.807, 2.05) is 16.7 Å². The van der Waals surface area contributed by atoms with E-state index in [9.17, 15) is 23.6 Å². The number of benzene rings is 2. The first-order valence-electron chi connectivity index (χ1n) is 14.1. The molecule has 43 heavy (non-hydrogen) atoms. The van der Waals surface area contributed by atoms with Gasteiger partial charge in [0, 0.05) is 67.9 Å². The number of hydrogen-bond acceptors (Lipinski definition) is 6. The molecular formula is C31H29ClF3N5O3. The maximum absolute atomic E-state index is 15.1. The molecule has 4 heterocycles. The normalized spacial score (nSPS) is 22.0. The molecule has 3 atom stereocenters. The van der Waals surface area contributed by atoms with Crippen molar-refractivity contribution in [2.45, 2.75) is 31.6 Å². The fourth-order valence-corrected chi connectivity index (χ4v) is 6.88. The van der Waals surface area contributed by atoms with E-state index in [2.05, 4.69) is 12.6 Å². The van der Waals surface area contributed by atoms with Crippen molar-refractivity contribution >= 4 is 34.1 Å². The molecule has 2 fully saturated rings. The third kappa shape index (κ3) is 4.92. The van der Waals surface area contributed by atoms with Crippen LogP contribution in [0.1, 0.15) is 24.9 Å². The Bertz CT molecular complexity index is 1760. The van der Waals surface area contributed by atoms with E-state index in [1.165, 1.54) is 16.7 Å². The van der Waals surface area contributed by atoms with E-state index in [-0.39, 0.29) is 52.6 Å². The summed E-state index contributed by atoms with van der Waals surface area (Å²) in [6, 6.07) is 5.96. The van der Waals surface area contributed by atoms with Gasteiger partial charge in [-0.1, -0.05) is 18.2 Å². The maximum Gasteiger partial charge on any atom is 0.271 e. The van der Waals surface area contributed by atoms with Gasteiger partial charge in [0.05, 0.1) is 22.3 Å². The van der Waals surface area contributed by atoms with Gasteiger partial charge in [-0.05, 0) is 37.6 Å². The second-order valence-electron chi connectivity index (χ2n) is 11.2. The zero-order valence-corrected chi connectivity index (χ0v) is 24.2. The minimum absolute atomic E-state index is 0.00334. The van der Waals surface area contributed by atoms with Crippen LogP contribution in [0.3, 0.4) is 0 Å². The van der Waals surface area contributed by atoms with Crippen LogP contribution in [0.2, 0.25) is 5.02 Å². The fraction of sp³-hybridized carbons (Fsp3) is 0.387. The summed E-state index contributed by atoms with van der Waals surface area (Å²) in [7, 11) is 0. The average Bonchev–Trinajstić information content (AvgIpc) is 3.39. The van der Waals surface area contributed by atoms with Crippen molar-refractivity contribution < 1.29 is 22.7 Å². The third-order valence-electron chi connectivity index (χ3n) is 8.55. The number of carbonyl (C=O) groups is 1. The lowest BCUT2D eigenvalue weighted by Crippen LogP contribution is -2.54. The van der Waals surface area contributed by atoms with Crippen molar-refractivity contribution in [2.24, 2.45) is 0 Å². The second-order valence-corrected chi connectivity index (χ2v) is 11.6. The highest BCUT2D eigenvalue weighted by Crippen LogP contribution is 2.48. The number of rotatable bonds is 5. The molecule has 3 aliphatic heterocycles. The molecule has 6 rings (SSSR count). The fourth-order valence-electron chi connectivity index (χ4n) is 6.58. The minimum atomic E-state index is -0.967. The molecule has 1 aromatic heterocycles. The lowest BCUT2D eigenvalue weighted by atomic mass is 9.96. The molecule has 0 radical (unpaired) electrons. The summed E-state index contributed by atoms with van der Waals surface area (Å²) in [6.07, 6.45) is 0.667. The number of pyridine rings is 1. The van der Waals surface area contributed by atoms with Crippen molar-refractivity contribution in [3.05, 3.63) is 69.5 Å². The molecule has 1 amide bonds. The topological polar surface area (TPSA) is 81.8 Å². The summed E-state index contributed by atoms with van der Waals surface area (Å²) >= 11 is 6.82. The predicted molar refractivity (Wildman–Crippen MR) is 157 cm³/mol. The van der Waals surface area contributed by atoms with Gasteiger partial charge >= 0.3 is 0 Å². The van der Waals surface area contributed by atoms with Gasteiger partial charge in [-0.2, -0.15) is 5.26 Å². The molecule has 224 valence electrons. The minimum Gasteiger partial charge on any atom is -0.488 e. The molecule has 2 unspecified atom stereocenters. The van der Waals surface area contributed by atoms with Crippen molar-refractivity contribution in [3.8, 4) is 22.9 Å². The molecule has 2 aromatic carbocycles. The summed E-state index contributed by atoms with van der Waals surface area (Å²) in [6.45, 7) is 7.48. The largest absolute Gasteiger partial charge is 0.488 e. The van der Waals surface area contributed by atoms with E-state index < -0.39 is 29.4 Å². The average molecular weight is 612 g/mol. The lowest BCUT2D eigenvalue weighted by molar-refractivity contribution is -0.126. The molecule has 2 saturated heterocycles. The number of anilines is 1. The monoisotopic (exact) mass is 611 g/mol. The number of aromatic nitrogens is 1. The van der Waals surface area contributed by atoms with Crippen LogP contribution >= 0.6 is 11.6 Å². The van der Waals surface area contributed by atoms with E-state index in [4.69, 9.17) is 16.3 Å². The lowest BCUT2D eigenvalue weighted by Gasteiger charge is -2.42. The quantitative estimate of drug-likeness (QED) is 0.390. The number of carbonyl (C=O) groups excluding carboxylic acids is 1.